The van der Waals surface area contributed by atoms with Crippen LogP contribution >= 0.6 is 15.9 Å². The molecule has 0 atom stereocenters. The minimum Gasteiger partial charge on any atom is -0.381 e. The molecule has 0 amide bonds. The molecule has 1 nitrogen and oxygen atoms in total. The Morgan fingerprint density at radius 3 is 2.26 bits per heavy atom. The second kappa shape index (κ2) is 6.30. The van der Waals surface area contributed by atoms with Crippen LogP contribution in [0.15, 0.2) is 16.6 Å². The molecule has 2 rings (SSSR count). The molecule has 19 heavy (non-hydrogen) atoms. The van der Waals surface area contributed by atoms with E-state index in [0.717, 1.165) is 11.8 Å². The van der Waals surface area contributed by atoms with Crippen LogP contribution in [-0.4, -0.2) is 6.04 Å². The van der Waals surface area contributed by atoms with Crippen molar-refractivity contribution in [1.29, 1.82) is 0 Å². The summed E-state index contributed by atoms with van der Waals surface area (Å²) in [5, 5.41) is 3.76. The van der Waals surface area contributed by atoms with Gasteiger partial charge in [-0.25, -0.2) is 0 Å². The van der Waals surface area contributed by atoms with Gasteiger partial charge in [0.25, 0.3) is 0 Å². The maximum absolute atomic E-state index is 3.76. The van der Waals surface area contributed by atoms with Crippen LogP contribution in [0.4, 0.5) is 5.69 Å². The van der Waals surface area contributed by atoms with Crippen molar-refractivity contribution in [3.8, 4) is 0 Å². The smallest absolute Gasteiger partial charge is 0.0516 e. The number of halogens is 1. The molecule has 0 unspecified atom stereocenters. The molecule has 0 saturated heterocycles. The molecule has 1 aromatic carbocycles. The third-order valence-electron chi connectivity index (χ3n) is 4.49. The highest BCUT2D eigenvalue weighted by atomic mass is 79.9. The minimum absolute atomic E-state index is 0.646. The molecule has 0 bridgehead atoms. The van der Waals surface area contributed by atoms with Gasteiger partial charge in [-0.3, -0.25) is 0 Å². The third-order valence-corrected chi connectivity index (χ3v) is 5.12. The van der Waals surface area contributed by atoms with Gasteiger partial charge in [-0.15, -0.1) is 0 Å². The summed E-state index contributed by atoms with van der Waals surface area (Å²) in [5.41, 5.74) is 3.95. The highest BCUT2D eigenvalue weighted by molar-refractivity contribution is 9.10. The number of aryl methyl sites for hydroxylation is 2. The maximum atomic E-state index is 3.76. The molecule has 1 N–H and O–H groups in total. The van der Waals surface area contributed by atoms with Crippen LogP contribution in [0.1, 0.15) is 50.7 Å². The fraction of sp³-hybridized carbons (Fsp3) is 0.647. The SMILES string of the molecule is Cc1cc(C)c(NC2CCC(C(C)C)CC2)c(Br)c1. The number of hydrogen-bond donors (Lipinski definition) is 1. The van der Waals surface area contributed by atoms with E-state index in [0.29, 0.717) is 6.04 Å². The van der Waals surface area contributed by atoms with Crippen molar-refractivity contribution >= 4 is 21.6 Å². The average molecular weight is 324 g/mol. The van der Waals surface area contributed by atoms with Gasteiger partial charge in [0.05, 0.1) is 5.69 Å². The molecule has 1 aromatic rings. The number of rotatable bonds is 3. The zero-order chi connectivity index (χ0) is 14.0. The van der Waals surface area contributed by atoms with Gasteiger partial charge in [0.2, 0.25) is 0 Å². The summed E-state index contributed by atoms with van der Waals surface area (Å²) in [7, 11) is 0. The van der Waals surface area contributed by atoms with Crippen LogP contribution in [0.5, 0.6) is 0 Å². The zero-order valence-electron chi connectivity index (χ0n) is 12.6. The topological polar surface area (TPSA) is 12.0 Å². The molecule has 2 heteroatoms. The number of anilines is 1. The summed E-state index contributed by atoms with van der Waals surface area (Å²) in [5.74, 6) is 1.77. The Morgan fingerprint density at radius 1 is 1.11 bits per heavy atom. The van der Waals surface area contributed by atoms with Gasteiger partial charge < -0.3 is 5.32 Å². The molecular weight excluding hydrogens is 298 g/mol. The largest absolute Gasteiger partial charge is 0.381 e. The molecular formula is C17H26BrN. The van der Waals surface area contributed by atoms with E-state index in [1.54, 1.807) is 0 Å². The van der Waals surface area contributed by atoms with Crippen molar-refractivity contribution in [3.63, 3.8) is 0 Å². The lowest BCUT2D eigenvalue weighted by molar-refractivity contribution is 0.267. The maximum Gasteiger partial charge on any atom is 0.0516 e. The Balaban J connectivity index is 2.00. The predicted molar refractivity (Wildman–Crippen MR) is 87.8 cm³/mol. The fourth-order valence-electron chi connectivity index (χ4n) is 3.23. The van der Waals surface area contributed by atoms with Crippen LogP contribution in [0, 0.1) is 25.7 Å². The van der Waals surface area contributed by atoms with E-state index >= 15 is 0 Å². The Labute approximate surface area is 126 Å². The van der Waals surface area contributed by atoms with E-state index in [1.807, 2.05) is 0 Å². The number of hydrogen-bond acceptors (Lipinski definition) is 1. The first kappa shape index (κ1) is 14.9. The standard InChI is InChI=1S/C17H26BrN/c1-11(2)14-5-7-15(8-6-14)19-17-13(4)9-12(3)10-16(17)18/h9-11,14-15,19H,5-8H2,1-4H3. The van der Waals surface area contributed by atoms with E-state index < -0.39 is 0 Å². The highest BCUT2D eigenvalue weighted by Gasteiger charge is 2.23. The van der Waals surface area contributed by atoms with Gasteiger partial charge in [-0.1, -0.05) is 19.9 Å². The summed E-state index contributed by atoms with van der Waals surface area (Å²) in [6.07, 6.45) is 5.36. The van der Waals surface area contributed by atoms with Crippen molar-refractivity contribution < 1.29 is 0 Å². The Bertz CT molecular complexity index is 408. The van der Waals surface area contributed by atoms with Crippen LogP contribution in [0.2, 0.25) is 0 Å². The quantitative estimate of drug-likeness (QED) is 0.753. The van der Waals surface area contributed by atoms with Gasteiger partial charge in [0.15, 0.2) is 0 Å². The van der Waals surface area contributed by atoms with Crippen molar-refractivity contribution in [2.75, 3.05) is 5.32 Å². The van der Waals surface area contributed by atoms with E-state index in [2.05, 4.69) is 61.1 Å². The van der Waals surface area contributed by atoms with Crippen LogP contribution in [0.3, 0.4) is 0 Å². The first-order valence-electron chi connectivity index (χ1n) is 7.50. The molecule has 0 aromatic heterocycles. The van der Waals surface area contributed by atoms with Crippen molar-refractivity contribution in [1.82, 2.24) is 0 Å². The average Bonchev–Trinajstić information content (AvgIpc) is 2.34. The normalized spacial score (nSPS) is 23.7. The first-order chi connectivity index (χ1) is 8.97. The van der Waals surface area contributed by atoms with Gasteiger partial charge >= 0.3 is 0 Å². The van der Waals surface area contributed by atoms with E-state index in [-0.39, 0.29) is 0 Å². The van der Waals surface area contributed by atoms with E-state index in [4.69, 9.17) is 0 Å². The molecule has 0 radical (unpaired) electrons. The second-order valence-corrected chi connectivity index (χ2v) is 7.29. The summed E-state index contributed by atoms with van der Waals surface area (Å²) in [6.45, 7) is 9.06. The Hall–Kier alpha value is -0.500. The van der Waals surface area contributed by atoms with E-state index in [1.165, 1.54) is 47.0 Å². The summed E-state index contributed by atoms with van der Waals surface area (Å²) in [4.78, 5) is 0. The Kier molecular flexibility index (Phi) is 4.94. The first-order valence-corrected chi connectivity index (χ1v) is 8.30. The highest BCUT2D eigenvalue weighted by Crippen LogP contribution is 2.34. The molecule has 0 aliphatic heterocycles. The lowest BCUT2D eigenvalue weighted by Crippen LogP contribution is -2.28. The number of benzene rings is 1. The van der Waals surface area contributed by atoms with Crippen LogP contribution in [-0.2, 0) is 0 Å². The zero-order valence-corrected chi connectivity index (χ0v) is 14.2. The van der Waals surface area contributed by atoms with E-state index in [9.17, 15) is 0 Å². The van der Waals surface area contributed by atoms with Crippen molar-refractivity contribution in [2.24, 2.45) is 11.8 Å². The predicted octanol–water partition coefficient (Wildman–Crippen LogP) is 5.69. The molecule has 1 aliphatic rings. The van der Waals surface area contributed by atoms with Gasteiger partial charge in [-0.2, -0.15) is 0 Å². The molecule has 1 aliphatic carbocycles. The van der Waals surface area contributed by atoms with Crippen LogP contribution < -0.4 is 5.32 Å². The minimum atomic E-state index is 0.646. The number of nitrogens with one attached hydrogen (secondary N) is 1. The van der Waals surface area contributed by atoms with Gasteiger partial charge in [0, 0.05) is 10.5 Å². The molecule has 0 heterocycles. The summed E-state index contributed by atoms with van der Waals surface area (Å²) >= 11 is 3.70. The molecule has 0 spiro atoms. The second-order valence-electron chi connectivity index (χ2n) is 6.44. The van der Waals surface area contributed by atoms with Crippen molar-refractivity contribution in [3.05, 3.63) is 27.7 Å². The van der Waals surface area contributed by atoms with Gasteiger partial charge in [0.1, 0.15) is 0 Å². The molecule has 1 fully saturated rings. The Morgan fingerprint density at radius 2 is 1.74 bits per heavy atom. The van der Waals surface area contributed by atoms with Gasteiger partial charge in [-0.05, 0) is 84.5 Å². The lowest BCUT2D eigenvalue weighted by Gasteiger charge is -2.32. The summed E-state index contributed by atoms with van der Waals surface area (Å²) in [6, 6.07) is 5.11. The summed E-state index contributed by atoms with van der Waals surface area (Å²) < 4.78 is 1.20. The third kappa shape index (κ3) is 3.75. The monoisotopic (exact) mass is 323 g/mol. The molecule has 1 saturated carbocycles. The van der Waals surface area contributed by atoms with Crippen LogP contribution in [0.25, 0.3) is 0 Å². The van der Waals surface area contributed by atoms with Crippen molar-refractivity contribution in [2.45, 2.75) is 59.4 Å². The fourth-order valence-corrected chi connectivity index (χ4v) is 4.02. The lowest BCUT2D eigenvalue weighted by atomic mass is 9.79. The molecule has 106 valence electrons.